The summed E-state index contributed by atoms with van der Waals surface area (Å²) in [6.45, 7) is 2.13. The summed E-state index contributed by atoms with van der Waals surface area (Å²) in [5.74, 6) is -0.819. The lowest BCUT2D eigenvalue weighted by atomic mass is 10.2. The van der Waals surface area contributed by atoms with Crippen LogP contribution in [-0.4, -0.2) is 21.6 Å². The number of carbonyl (C=O) groups is 2. The van der Waals surface area contributed by atoms with Gasteiger partial charge in [-0.25, -0.2) is 0 Å². The van der Waals surface area contributed by atoms with Gasteiger partial charge in [0.25, 0.3) is 5.91 Å². The number of nitrogens with zero attached hydrogens (tertiary/aromatic N) is 2. The second kappa shape index (κ2) is 6.19. The molecule has 0 aliphatic heterocycles. The lowest BCUT2D eigenvalue weighted by Crippen LogP contribution is -2.24. The van der Waals surface area contributed by atoms with Crippen LogP contribution in [0.4, 0.5) is 5.69 Å². The molecule has 0 saturated heterocycles. The first-order chi connectivity index (χ1) is 10.0. The predicted octanol–water partition coefficient (Wildman–Crippen LogP) is 0.640. The summed E-state index contributed by atoms with van der Waals surface area (Å²) in [5, 5.41) is 6.74. The quantitative estimate of drug-likeness (QED) is 0.748. The van der Waals surface area contributed by atoms with Gasteiger partial charge < -0.3 is 16.8 Å². The van der Waals surface area contributed by atoms with Crippen LogP contribution in [0.5, 0.6) is 0 Å². The van der Waals surface area contributed by atoms with Crippen molar-refractivity contribution in [2.24, 2.45) is 11.5 Å². The first-order valence-corrected chi connectivity index (χ1v) is 6.45. The van der Waals surface area contributed by atoms with E-state index >= 15 is 0 Å². The van der Waals surface area contributed by atoms with Crippen LogP contribution in [-0.2, 0) is 11.3 Å². The van der Waals surface area contributed by atoms with Crippen molar-refractivity contribution in [3.8, 4) is 0 Å². The topological polar surface area (TPSA) is 116 Å². The van der Waals surface area contributed by atoms with Crippen molar-refractivity contribution in [1.82, 2.24) is 9.78 Å². The number of benzene rings is 1. The highest BCUT2D eigenvalue weighted by Gasteiger charge is 2.17. The molecule has 0 spiro atoms. The van der Waals surface area contributed by atoms with E-state index in [2.05, 4.69) is 10.4 Å². The Morgan fingerprint density at radius 1 is 1.33 bits per heavy atom. The number of aromatic nitrogens is 2. The summed E-state index contributed by atoms with van der Waals surface area (Å²) in [7, 11) is 0. The van der Waals surface area contributed by atoms with E-state index in [9.17, 15) is 9.59 Å². The van der Waals surface area contributed by atoms with E-state index in [0.717, 1.165) is 5.56 Å². The highest BCUT2D eigenvalue weighted by atomic mass is 16.2. The maximum Gasteiger partial charge on any atom is 0.251 e. The average Bonchev–Trinajstić information content (AvgIpc) is 2.97. The molecular formula is C14H17N5O2. The summed E-state index contributed by atoms with van der Waals surface area (Å²) in [4.78, 5) is 23.1. The summed E-state index contributed by atoms with van der Waals surface area (Å²) >= 11 is 0. The van der Waals surface area contributed by atoms with Gasteiger partial charge in [-0.1, -0.05) is 12.1 Å². The minimum Gasteiger partial charge on any atom is -0.366 e. The third-order valence-electron chi connectivity index (χ3n) is 3.12. The van der Waals surface area contributed by atoms with E-state index in [-0.39, 0.29) is 11.5 Å². The van der Waals surface area contributed by atoms with Crippen LogP contribution in [0.25, 0.3) is 0 Å². The summed E-state index contributed by atoms with van der Waals surface area (Å²) in [6, 6.07) is 6.70. The highest BCUT2D eigenvalue weighted by molar-refractivity contribution is 5.94. The standard InChI is InChI=1S/C14H17N5O2/c1-9(19-8-11(7-17-19)13(16)20)14(21)18-12-4-2-10(6-15)3-5-12/h2-5,7-9H,6,15H2,1H3,(H2,16,20)(H,18,21). The van der Waals surface area contributed by atoms with Gasteiger partial charge >= 0.3 is 0 Å². The van der Waals surface area contributed by atoms with Crippen molar-refractivity contribution in [1.29, 1.82) is 0 Å². The Labute approximate surface area is 121 Å². The van der Waals surface area contributed by atoms with Gasteiger partial charge in [0, 0.05) is 18.4 Å². The zero-order chi connectivity index (χ0) is 15.4. The molecule has 2 aromatic rings. The Bertz CT molecular complexity index is 648. The molecule has 0 radical (unpaired) electrons. The molecule has 1 heterocycles. The smallest absolute Gasteiger partial charge is 0.251 e. The Balaban J connectivity index is 2.05. The largest absolute Gasteiger partial charge is 0.366 e. The summed E-state index contributed by atoms with van der Waals surface area (Å²) < 4.78 is 1.39. The van der Waals surface area contributed by atoms with E-state index in [1.807, 2.05) is 12.1 Å². The van der Waals surface area contributed by atoms with Crippen LogP contribution in [0, 0.1) is 0 Å². The van der Waals surface area contributed by atoms with Gasteiger partial charge in [-0.3, -0.25) is 14.3 Å². The molecule has 7 heteroatoms. The molecule has 5 N–H and O–H groups in total. The minimum atomic E-state index is -0.578. The number of anilines is 1. The van der Waals surface area contributed by atoms with Crippen LogP contribution in [0.1, 0.15) is 28.9 Å². The Kier molecular flexibility index (Phi) is 4.34. The van der Waals surface area contributed by atoms with Gasteiger partial charge in [0.2, 0.25) is 5.91 Å². The van der Waals surface area contributed by atoms with Gasteiger partial charge in [0.15, 0.2) is 0 Å². The SMILES string of the molecule is CC(C(=O)Nc1ccc(CN)cc1)n1cc(C(N)=O)cn1. The molecular weight excluding hydrogens is 270 g/mol. The first-order valence-electron chi connectivity index (χ1n) is 6.45. The van der Waals surface area contributed by atoms with Crippen molar-refractivity contribution in [3.05, 3.63) is 47.8 Å². The Morgan fingerprint density at radius 2 is 2.00 bits per heavy atom. The zero-order valence-corrected chi connectivity index (χ0v) is 11.6. The second-order valence-electron chi connectivity index (χ2n) is 4.64. The summed E-state index contributed by atoms with van der Waals surface area (Å²) in [6.07, 6.45) is 2.78. The van der Waals surface area contributed by atoms with E-state index in [1.54, 1.807) is 19.1 Å². The molecule has 1 unspecified atom stereocenters. The average molecular weight is 287 g/mol. The van der Waals surface area contributed by atoms with Crippen molar-refractivity contribution < 1.29 is 9.59 Å². The van der Waals surface area contributed by atoms with Gasteiger partial charge in [-0.15, -0.1) is 0 Å². The molecule has 0 aliphatic carbocycles. The molecule has 7 nitrogen and oxygen atoms in total. The molecule has 0 bridgehead atoms. The van der Waals surface area contributed by atoms with Gasteiger partial charge in [-0.05, 0) is 24.6 Å². The molecule has 1 atom stereocenters. The molecule has 1 aromatic heterocycles. The molecule has 2 amide bonds. The molecule has 2 rings (SSSR count). The number of amides is 2. The monoisotopic (exact) mass is 287 g/mol. The lowest BCUT2D eigenvalue weighted by molar-refractivity contribution is -0.119. The lowest BCUT2D eigenvalue weighted by Gasteiger charge is -2.12. The molecule has 0 aliphatic rings. The second-order valence-corrected chi connectivity index (χ2v) is 4.64. The van der Waals surface area contributed by atoms with Crippen LogP contribution < -0.4 is 16.8 Å². The molecule has 21 heavy (non-hydrogen) atoms. The Hall–Kier alpha value is -2.67. The van der Waals surface area contributed by atoms with E-state index in [1.165, 1.54) is 17.1 Å². The number of carbonyl (C=O) groups excluding carboxylic acids is 2. The fourth-order valence-corrected chi connectivity index (χ4v) is 1.77. The van der Waals surface area contributed by atoms with E-state index in [4.69, 9.17) is 11.5 Å². The normalized spacial score (nSPS) is 11.9. The molecule has 0 fully saturated rings. The van der Waals surface area contributed by atoms with E-state index in [0.29, 0.717) is 12.2 Å². The van der Waals surface area contributed by atoms with Crippen molar-refractivity contribution >= 4 is 17.5 Å². The van der Waals surface area contributed by atoms with Crippen molar-refractivity contribution in [2.75, 3.05) is 5.32 Å². The van der Waals surface area contributed by atoms with Gasteiger partial charge in [0.1, 0.15) is 6.04 Å². The number of nitrogens with one attached hydrogen (secondary N) is 1. The fourth-order valence-electron chi connectivity index (χ4n) is 1.77. The zero-order valence-electron chi connectivity index (χ0n) is 11.6. The van der Waals surface area contributed by atoms with Crippen LogP contribution in [0.15, 0.2) is 36.7 Å². The summed E-state index contributed by atoms with van der Waals surface area (Å²) in [5.41, 5.74) is 12.6. The minimum absolute atomic E-state index is 0.241. The number of hydrogen-bond donors (Lipinski definition) is 3. The maximum absolute atomic E-state index is 12.1. The molecule has 110 valence electrons. The molecule has 0 saturated carbocycles. The van der Waals surface area contributed by atoms with E-state index < -0.39 is 11.9 Å². The number of hydrogen-bond acceptors (Lipinski definition) is 4. The highest BCUT2D eigenvalue weighted by Crippen LogP contribution is 2.13. The van der Waals surface area contributed by atoms with Crippen LogP contribution in [0.3, 0.4) is 0 Å². The third-order valence-corrected chi connectivity index (χ3v) is 3.12. The molecule has 1 aromatic carbocycles. The van der Waals surface area contributed by atoms with Crippen molar-refractivity contribution in [3.63, 3.8) is 0 Å². The van der Waals surface area contributed by atoms with Crippen LogP contribution in [0.2, 0.25) is 0 Å². The number of nitrogens with two attached hydrogens (primary N) is 2. The third kappa shape index (κ3) is 3.46. The van der Waals surface area contributed by atoms with Gasteiger partial charge in [0.05, 0.1) is 11.8 Å². The fraction of sp³-hybridized carbons (Fsp3) is 0.214. The van der Waals surface area contributed by atoms with Crippen molar-refractivity contribution in [2.45, 2.75) is 19.5 Å². The first kappa shape index (κ1) is 14.7. The Morgan fingerprint density at radius 3 is 2.52 bits per heavy atom. The number of primary amides is 1. The predicted molar refractivity (Wildman–Crippen MR) is 78.4 cm³/mol. The maximum atomic E-state index is 12.1. The van der Waals surface area contributed by atoms with Crippen LogP contribution >= 0.6 is 0 Å². The van der Waals surface area contributed by atoms with Gasteiger partial charge in [-0.2, -0.15) is 5.10 Å². The number of rotatable bonds is 5.